The smallest absolute Gasteiger partial charge is 0.0227 e. The first kappa shape index (κ1) is 13.3. The molecular weight excluding hydrogens is 204 g/mol. The lowest BCUT2D eigenvalue weighted by Gasteiger charge is -2.36. The van der Waals surface area contributed by atoms with Crippen LogP contribution < -0.4 is 5.32 Å². The summed E-state index contributed by atoms with van der Waals surface area (Å²) in [6.45, 7) is 11.8. The monoisotopic (exact) mass is 230 g/mol. The van der Waals surface area contributed by atoms with Crippen LogP contribution in [-0.2, 0) is 0 Å². The first-order valence-electron chi connectivity index (χ1n) is 6.08. The quantitative estimate of drug-likeness (QED) is 0.779. The van der Waals surface area contributed by atoms with E-state index in [4.69, 9.17) is 0 Å². The van der Waals surface area contributed by atoms with E-state index in [1.54, 1.807) is 0 Å². The number of nitrogens with one attached hydrogen (secondary N) is 1. The van der Waals surface area contributed by atoms with Crippen molar-refractivity contribution in [1.82, 2.24) is 10.2 Å². The second-order valence-corrected chi connectivity index (χ2v) is 6.59. The van der Waals surface area contributed by atoms with E-state index < -0.39 is 0 Å². The van der Waals surface area contributed by atoms with Crippen LogP contribution in [0, 0.1) is 0 Å². The van der Waals surface area contributed by atoms with Gasteiger partial charge in [0, 0.05) is 17.3 Å². The van der Waals surface area contributed by atoms with Gasteiger partial charge in [-0.2, -0.15) is 11.8 Å². The zero-order valence-corrected chi connectivity index (χ0v) is 11.5. The third-order valence-electron chi connectivity index (χ3n) is 3.24. The molecule has 0 saturated carbocycles. The van der Waals surface area contributed by atoms with Crippen molar-refractivity contribution >= 4 is 11.8 Å². The van der Waals surface area contributed by atoms with E-state index in [0.717, 1.165) is 12.6 Å². The third kappa shape index (κ3) is 4.75. The molecule has 0 amide bonds. The van der Waals surface area contributed by atoms with Gasteiger partial charge >= 0.3 is 0 Å². The topological polar surface area (TPSA) is 15.3 Å². The van der Waals surface area contributed by atoms with Crippen molar-refractivity contribution in [2.45, 2.75) is 44.4 Å². The Morgan fingerprint density at radius 2 is 1.93 bits per heavy atom. The van der Waals surface area contributed by atoms with E-state index in [1.165, 1.54) is 32.5 Å². The minimum atomic E-state index is 0.408. The van der Waals surface area contributed by atoms with E-state index in [2.05, 4.69) is 37.2 Å². The summed E-state index contributed by atoms with van der Waals surface area (Å²) < 4.78 is 0.408. The molecule has 1 fully saturated rings. The maximum absolute atomic E-state index is 3.55. The number of thioether (sulfide) groups is 1. The molecule has 15 heavy (non-hydrogen) atoms. The Labute approximate surface area is 99.2 Å². The zero-order valence-electron chi connectivity index (χ0n) is 10.7. The van der Waals surface area contributed by atoms with Gasteiger partial charge in [0.05, 0.1) is 0 Å². The molecule has 0 aromatic carbocycles. The Kier molecular flexibility index (Phi) is 5.44. The maximum atomic E-state index is 3.55. The fourth-order valence-electron chi connectivity index (χ4n) is 2.19. The van der Waals surface area contributed by atoms with Crippen LogP contribution in [0.25, 0.3) is 0 Å². The molecule has 3 heteroatoms. The van der Waals surface area contributed by atoms with Crippen LogP contribution in [0.2, 0.25) is 0 Å². The molecule has 1 heterocycles. The zero-order chi connectivity index (χ0) is 11.3. The largest absolute Gasteiger partial charge is 0.314 e. The van der Waals surface area contributed by atoms with E-state index >= 15 is 0 Å². The minimum absolute atomic E-state index is 0.408. The van der Waals surface area contributed by atoms with E-state index in [0.29, 0.717) is 4.75 Å². The molecule has 90 valence electrons. The van der Waals surface area contributed by atoms with Gasteiger partial charge in [0.1, 0.15) is 0 Å². The van der Waals surface area contributed by atoms with Crippen LogP contribution in [-0.4, -0.2) is 48.1 Å². The van der Waals surface area contributed by atoms with Gasteiger partial charge in [-0.1, -0.05) is 6.92 Å². The summed E-state index contributed by atoms with van der Waals surface area (Å²) in [6.07, 6.45) is 4.85. The highest BCUT2D eigenvalue weighted by molar-refractivity contribution is 7.99. The van der Waals surface area contributed by atoms with Crippen molar-refractivity contribution in [2.24, 2.45) is 0 Å². The maximum Gasteiger partial charge on any atom is 0.0227 e. The van der Waals surface area contributed by atoms with Crippen LogP contribution >= 0.6 is 11.8 Å². The number of rotatable bonds is 5. The molecule has 0 radical (unpaired) electrons. The van der Waals surface area contributed by atoms with Crippen LogP contribution in [0.5, 0.6) is 0 Å². The lowest BCUT2D eigenvalue weighted by atomic mass is 10.0. The SMILES string of the molecule is CCNC1CCN(CC(C)(C)SC)CC1. The lowest BCUT2D eigenvalue weighted by Crippen LogP contribution is -2.46. The van der Waals surface area contributed by atoms with Gasteiger partial charge in [-0.25, -0.2) is 0 Å². The van der Waals surface area contributed by atoms with Gasteiger partial charge in [0.2, 0.25) is 0 Å². The second kappa shape index (κ2) is 6.12. The summed E-state index contributed by atoms with van der Waals surface area (Å²) in [4.78, 5) is 2.62. The average molecular weight is 230 g/mol. The average Bonchev–Trinajstić information content (AvgIpc) is 2.21. The van der Waals surface area contributed by atoms with Crippen LogP contribution in [0.4, 0.5) is 0 Å². The van der Waals surface area contributed by atoms with Gasteiger partial charge in [-0.3, -0.25) is 0 Å². The van der Waals surface area contributed by atoms with Crippen LogP contribution in [0.3, 0.4) is 0 Å². The highest BCUT2D eigenvalue weighted by Crippen LogP contribution is 2.24. The fraction of sp³-hybridized carbons (Fsp3) is 1.00. The van der Waals surface area contributed by atoms with E-state index in [1.807, 2.05) is 11.8 Å². The molecule has 0 unspecified atom stereocenters. The van der Waals surface area contributed by atoms with Crippen molar-refractivity contribution in [3.63, 3.8) is 0 Å². The third-order valence-corrected chi connectivity index (χ3v) is 4.47. The Hall–Kier alpha value is 0.270. The Morgan fingerprint density at radius 3 is 2.40 bits per heavy atom. The molecular formula is C12H26N2S. The fourth-order valence-corrected chi connectivity index (χ4v) is 2.50. The summed E-state index contributed by atoms with van der Waals surface area (Å²) in [5, 5.41) is 3.55. The Morgan fingerprint density at radius 1 is 1.33 bits per heavy atom. The molecule has 1 aliphatic heterocycles. The van der Waals surface area contributed by atoms with Crippen molar-refractivity contribution in [3.8, 4) is 0 Å². The molecule has 1 N–H and O–H groups in total. The molecule has 2 nitrogen and oxygen atoms in total. The predicted molar refractivity (Wildman–Crippen MR) is 70.7 cm³/mol. The first-order valence-corrected chi connectivity index (χ1v) is 7.31. The summed E-state index contributed by atoms with van der Waals surface area (Å²) in [5.41, 5.74) is 0. The highest BCUT2D eigenvalue weighted by Gasteiger charge is 2.24. The summed E-state index contributed by atoms with van der Waals surface area (Å²) in [7, 11) is 0. The van der Waals surface area contributed by atoms with Gasteiger partial charge in [0.15, 0.2) is 0 Å². The van der Waals surface area contributed by atoms with Gasteiger partial charge in [-0.15, -0.1) is 0 Å². The molecule has 0 spiro atoms. The van der Waals surface area contributed by atoms with Crippen LogP contribution in [0.1, 0.15) is 33.6 Å². The van der Waals surface area contributed by atoms with Gasteiger partial charge in [-0.05, 0) is 52.6 Å². The second-order valence-electron chi connectivity index (χ2n) is 5.07. The number of nitrogens with zero attached hydrogens (tertiary/aromatic N) is 1. The molecule has 0 aliphatic carbocycles. The minimum Gasteiger partial charge on any atom is -0.314 e. The normalized spacial score (nSPS) is 20.8. The highest BCUT2D eigenvalue weighted by atomic mass is 32.2. The number of likely N-dealkylation sites (tertiary alicyclic amines) is 1. The van der Waals surface area contributed by atoms with Gasteiger partial charge in [0.25, 0.3) is 0 Å². The first-order chi connectivity index (χ1) is 7.07. The summed E-state index contributed by atoms with van der Waals surface area (Å²) >= 11 is 1.97. The lowest BCUT2D eigenvalue weighted by molar-refractivity contribution is 0.188. The standard InChI is InChI=1S/C12H26N2S/c1-5-13-11-6-8-14(9-7-11)10-12(2,3)15-4/h11,13H,5-10H2,1-4H3. The summed E-state index contributed by atoms with van der Waals surface area (Å²) in [6, 6.07) is 0.767. The molecule has 0 atom stereocenters. The molecule has 0 aromatic heterocycles. The Bertz CT molecular complexity index is 174. The number of hydrogen-bond acceptors (Lipinski definition) is 3. The predicted octanol–water partition coefficient (Wildman–Crippen LogP) is 2.20. The molecule has 1 aliphatic rings. The number of piperidine rings is 1. The van der Waals surface area contributed by atoms with Crippen molar-refractivity contribution < 1.29 is 0 Å². The van der Waals surface area contributed by atoms with E-state index in [-0.39, 0.29) is 0 Å². The molecule has 0 bridgehead atoms. The molecule has 0 aromatic rings. The van der Waals surface area contributed by atoms with Crippen molar-refractivity contribution in [3.05, 3.63) is 0 Å². The summed E-state index contributed by atoms with van der Waals surface area (Å²) in [5.74, 6) is 0. The van der Waals surface area contributed by atoms with Crippen LogP contribution in [0.15, 0.2) is 0 Å². The molecule has 1 saturated heterocycles. The van der Waals surface area contributed by atoms with Gasteiger partial charge < -0.3 is 10.2 Å². The van der Waals surface area contributed by atoms with E-state index in [9.17, 15) is 0 Å². The van der Waals surface area contributed by atoms with Crippen molar-refractivity contribution in [1.29, 1.82) is 0 Å². The Balaban J connectivity index is 2.25. The molecule has 1 rings (SSSR count). The van der Waals surface area contributed by atoms with Crippen molar-refractivity contribution in [2.75, 3.05) is 32.4 Å². The number of hydrogen-bond donors (Lipinski definition) is 1.